The monoisotopic (exact) mass is 275 g/mol. The van der Waals surface area contributed by atoms with Crippen LogP contribution in [0, 0.1) is 5.41 Å². The molecule has 0 N–H and O–H groups in total. The lowest BCUT2D eigenvalue weighted by Crippen LogP contribution is -2.40. The molecule has 0 bridgehead atoms. The summed E-state index contributed by atoms with van der Waals surface area (Å²) in [4.78, 5) is 14.2. The summed E-state index contributed by atoms with van der Waals surface area (Å²) in [6.45, 7) is 7.02. The lowest BCUT2D eigenvalue weighted by Gasteiger charge is -2.28. The number of amides is 1. The summed E-state index contributed by atoms with van der Waals surface area (Å²) in [5.74, 6) is 0.766. The molecule has 2 aliphatic rings. The molecule has 0 atom stereocenters. The Labute approximate surface area is 119 Å². The molecule has 1 spiro atoms. The number of carbonyl (C=O) groups excluding carboxylic acids is 1. The minimum atomic E-state index is -0.490. The molecule has 0 aromatic heterocycles. The minimum absolute atomic E-state index is 0.121. The molecule has 1 aliphatic carbocycles. The number of fused-ring (bicyclic) bond motifs is 1. The molecule has 0 unspecified atom stereocenters. The fourth-order valence-corrected chi connectivity index (χ4v) is 2.46. The predicted octanol–water partition coefficient (Wildman–Crippen LogP) is 3.60. The normalized spacial score (nSPS) is 19.9. The highest BCUT2D eigenvalue weighted by molar-refractivity contribution is 5.90. The highest BCUT2D eigenvalue weighted by Crippen LogP contribution is 2.50. The smallest absolute Gasteiger partial charge is 0.414 e. The van der Waals surface area contributed by atoms with Crippen LogP contribution >= 0.6 is 0 Å². The van der Waals surface area contributed by atoms with E-state index in [0.717, 1.165) is 24.3 Å². The maximum absolute atomic E-state index is 12.5. The topological polar surface area (TPSA) is 38.8 Å². The van der Waals surface area contributed by atoms with Gasteiger partial charge in [0.25, 0.3) is 0 Å². The Bertz CT molecular complexity index is 529. The van der Waals surface area contributed by atoms with E-state index in [1.165, 1.54) is 0 Å². The molecule has 20 heavy (non-hydrogen) atoms. The molecule has 1 aromatic rings. The van der Waals surface area contributed by atoms with Gasteiger partial charge in [0.05, 0.1) is 12.3 Å². The molecule has 4 heteroatoms. The van der Waals surface area contributed by atoms with E-state index in [4.69, 9.17) is 9.47 Å². The first kappa shape index (κ1) is 13.3. The second-order valence-corrected chi connectivity index (χ2v) is 6.82. The Morgan fingerprint density at radius 3 is 2.65 bits per heavy atom. The number of anilines is 1. The van der Waals surface area contributed by atoms with Gasteiger partial charge in [-0.15, -0.1) is 0 Å². The quantitative estimate of drug-likeness (QED) is 0.726. The zero-order chi connectivity index (χ0) is 14.4. The van der Waals surface area contributed by atoms with E-state index < -0.39 is 5.60 Å². The van der Waals surface area contributed by atoms with Gasteiger partial charge in [0, 0.05) is 12.0 Å². The van der Waals surface area contributed by atoms with Gasteiger partial charge in [-0.25, -0.2) is 4.79 Å². The van der Waals surface area contributed by atoms with Gasteiger partial charge in [-0.2, -0.15) is 0 Å². The van der Waals surface area contributed by atoms with Gasteiger partial charge in [0.1, 0.15) is 11.4 Å². The number of ether oxygens (including phenoxy) is 2. The van der Waals surface area contributed by atoms with Gasteiger partial charge in [-0.1, -0.05) is 12.1 Å². The minimum Gasteiger partial charge on any atom is -0.491 e. The maximum Gasteiger partial charge on any atom is 0.414 e. The maximum atomic E-state index is 12.5. The number of carbonyl (C=O) groups is 1. The Kier molecular flexibility index (Phi) is 2.92. The van der Waals surface area contributed by atoms with Crippen molar-refractivity contribution in [3.63, 3.8) is 0 Å². The number of benzene rings is 1. The third kappa shape index (κ3) is 2.60. The van der Waals surface area contributed by atoms with Crippen LogP contribution in [-0.4, -0.2) is 24.8 Å². The summed E-state index contributed by atoms with van der Waals surface area (Å²) >= 11 is 0. The van der Waals surface area contributed by atoms with Crippen LogP contribution in [0.5, 0.6) is 5.75 Å². The second-order valence-electron chi connectivity index (χ2n) is 6.82. The van der Waals surface area contributed by atoms with Crippen LogP contribution in [0.2, 0.25) is 0 Å². The highest BCUT2D eigenvalue weighted by Gasteiger charge is 2.48. The average molecular weight is 275 g/mol. The Morgan fingerprint density at radius 1 is 1.30 bits per heavy atom. The lowest BCUT2D eigenvalue weighted by molar-refractivity contribution is 0.0573. The zero-order valence-corrected chi connectivity index (χ0v) is 12.3. The van der Waals surface area contributed by atoms with Crippen LogP contribution in [0.4, 0.5) is 10.5 Å². The first-order valence-electron chi connectivity index (χ1n) is 7.11. The van der Waals surface area contributed by atoms with Crippen molar-refractivity contribution >= 4 is 11.8 Å². The average Bonchev–Trinajstić information content (AvgIpc) is 3.14. The summed E-state index contributed by atoms with van der Waals surface area (Å²) in [6.07, 6.45) is 1.93. The third-order valence-corrected chi connectivity index (χ3v) is 3.75. The first-order valence-corrected chi connectivity index (χ1v) is 7.11. The number of nitrogens with zero attached hydrogens (tertiary/aromatic N) is 1. The van der Waals surface area contributed by atoms with Crippen LogP contribution in [0.3, 0.4) is 0 Å². The Hall–Kier alpha value is -1.71. The van der Waals surface area contributed by atoms with E-state index in [2.05, 4.69) is 0 Å². The predicted molar refractivity (Wildman–Crippen MR) is 77.2 cm³/mol. The van der Waals surface area contributed by atoms with Crippen LogP contribution < -0.4 is 9.64 Å². The summed E-state index contributed by atoms with van der Waals surface area (Å²) in [5, 5.41) is 0. The SMILES string of the molecule is CC(C)(C)OC(=O)N1CC2(CC2)COc2ccccc21. The van der Waals surface area contributed by atoms with Gasteiger partial charge in [0.2, 0.25) is 0 Å². The van der Waals surface area contributed by atoms with Crippen molar-refractivity contribution in [2.24, 2.45) is 5.41 Å². The molecule has 0 saturated heterocycles. The fourth-order valence-electron chi connectivity index (χ4n) is 2.46. The molecule has 1 fully saturated rings. The van der Waals surface area contributed by atoms with Crippen molar-refractivity contribution in [3.05, 3.63) is 24.3 Å². The van der Waals surface area contributed by atoms with Crippen molar-refractivity contribution in [2.75, 3.05) is 18.1 Å². The number of rotatable bonds is 0. The van der Waals surface area contributed by atoms with Crippen molar-refractivity contribution < 1.29 is 14.3 Å². The van der Waals surface area contributed by atoms with Crippen molar-refractivity contribution in [3.8, 4) is 5.75 Å². The van der Waals surface area contributed by atoms with Crippen LogP contribution in [-0.2, 0) is 4.74 Å². The molecular weight excluding hydrogens is 254 g/mol. The second kappa shape index (κ2) is 4.40. The Balaban J connectivity index is 1.92. The van der Waals surface area contributed by atoms with E-state index in [0.29, 0.717) is 13.2 Å². The van der Waals surface area contributed by atoms with Crippen LogP contribution in [0.25, 0.3) is 0 Å². The first-order chi connectivity index (χ1) is 9.39. The van der Waals surface area contributed by atoms with E-state index in [9.17, 15) is 4.79 Å². The standard InChI is InChI=1S/C16H21NO3/c1-15(2,3)20-14(18)17-10-16(8-9-16)11-19-13-7-5-4-6-12(13)17/h4-7H,8-11H2,1-3H3. The summed E-state index contributed by atoms with van der Waals surface area (Å²) in [6, 6.07) is 7.68. The highest BCUT2D eigenvalue weighted by atomic mass is 16.6. The van der Waals surface area contributed by atoms with E-state index in [1.807, 2.05) is 45.0 Å². The molecule has 0 radical (unpaired) electrons. The van der Waals surface area contributed by atoms with Crippen LogP contribution in [0.1, 0.15) is 33.6 Å². The molecule has 4 nitrogen and oxygen atoms in total. The fraction of sp³-hybridized carbons (Fsp3) is 0.562. The molecular formula is C16H21NO3. The third-order valence-electron chi connectivity index (χ3n) is 3.75. The summed E-state index contributed by atoms with van der Waals surface area (Å²) in [5.41, 5.74) is 0.441. The molecule has 1 amide bonds. The largest absolute Gasteiger partial charge is 0.491 e. The summed E-state index contributed by atoms with van der Waals surface area (Å²) < 4.78 is 11.4. The van der Waals surface area contributed by atoms with Gasteiger partial charge in [-0.05, 0) is 45.7 Å². The number of para-hydroxylation sites is 2. The van der Waals surface area contributed by atoms with Crippen molar-refractivity contribution in [1.29, 1.82) is 0 Å². The molecule has 3 rings (SSSR count). The summed E-state index contributed by atoms with van der Waals surface area (Å²) in [7, 11) is 0. The van der Waals surface area contributed by atoms with Crippen molar-refractivity contribution in [2.45, 2.75) is 39.2 Å². The van der Waals surface area contributed by atoms with E-state index in [1.54, 1.807) is 4.90 Å². The lowest BCUT2D eigenvalue weighted by atomic mass is 10.1. The van der Waals surface area contributed by atoms with Gasteiger partial charge in [0.15, 0.2) is 0 Å². The van der Waals surface area contributed by atoms with Gasteiger partial charge in [-0.3, -0.25) is 4.90 Å². The van der Waals surface area contributed by atoms with E-state index >= 15 is 0 Å². The van der Waals surface area contributed by atoms with Crippen molar-refractivity contribution in [1.82, 2.24) is 0 Å². The molecule has 1 heterocycles. The van der Waals surface area contributed by atoms with Gasteiger partial charge >= 0.3 is 6.09 Å². The zero-order valence-electron chi connectivity index (χ0n) is 12.3. The number of hydrogen-bond donors (Lipinski definition) is 0. The Morgan fingerprint density at radius 2 is 2.00 bits per heavy atom. The molecule has 1 aromatic carbocycles. The number of hydrogen-bond acceptors (Lipinski definition) is 3. The molecule has 108 valence electrons. The molecule has 1 aliphatic heterocycles. The van der Waals surface area contributed by atoms with Crippen LogP contribution in [0.15, 0.2) is 24.3 Å². The van der Waals surface area contributed by atoms with E-state index in [-0.39, 0.29) is 11.5 Å². The molecule has 1 saturated carbocycles. The van der Waals surface area contributed by atoms with Gasteiger partial charge < -0.3 is 9.47 Å².